The molecule has 2 heterocycles. The summed E-state index contributed by atoms with van der Waals surface area (Å²) in [6, 6.07) is 14.3. The van der Waals surface area contributed by atoms with Gasteiger partial charge < -0.3 is 5.32 Å². The molecular formula is C18H18N2OS3. The van der Waals surface area contributed by atoms with Gasteiger partial charge in [0, 0.05) is 27.3 Å². The van der Waals surface area contributed by atoms with Crippen LogP contribution in [-0.2, 0) is 11.3 Å². The minimum atomic E-state index is 0.0953. The zero-order valence-corrected chi connectivity index (χ0v) is 15.8. The van der Waals surface area contributed by atoms with Gasteiger partial charge in [-0.15, -0.1) is 34.4 Å². The highest BCUT2D eigenvalue weighted by Crippen LogP contribution is 2.28. The SMILES string of the molecule is Cc1nc(-c2ccc(CNC(=O)CCSc3ccccc3)s2)cs1. The molecule has 24 heavy (non-hydrogen) atoms. The van der Waals surface area contributed by atoms with Crippen LogP contribution >= 0.6 is 34.4 Å². The number of hydrogen-bond acceptors (Lipinski definition) is 5. The van der Waals surface area contributed by atoms with E-state index in [1.165, 1.54) is 4.90 Å². The molecule has 124 valence electrons. The lowest BCUT2D eigenvalue weighted by molar-refractivity contribution is -0.120. The van der Waals surface area contributed by atoms with Crippen molar-refractivity contribution in [1.82, 2.24) is 10.3 Å². The fraction of sp³-hybridized carbons (Fsp3) is 0.222. The number of nitrogens with one attached hydrogen (secondary N) is 1. The molecule has 0 unspecified atom stereocenters. The zero-order chi connectivity index (χ0) is 16.8. The first-order valence-electron chi connectivity index (χ1n) is 7.66. The van der Waals surface area contributed by atoms with Crippen LogP contribution < -0.4 is 5.32 Å². The number of benzene rings is 1. The van der Waals surface area contributed by atoms with Crippen molar-refractivity contribution in [2.75, 3.05) is 5.75 Å². The van der Waals surface area contributed by atoms with E-state index >= 15 is 0 Å². The van der Waals surface area contributed by atoms with E-state index in [1.54, 1.807) is 34.4 Å². The highest BCUT2D eigenvalue weighted by molar-refractivity contribution is 7.99. The van der Waals surface area contributed by atoms with E-state index in [0.29, 0.717) is 13.0 Å². The number of amides is 1. The average molecular weight is 375 g/mol. The van der Waals surface area contributed by atoms with E-state index in [4.69, 9.17) is 0 Å². The Morgan fingerprint density at radius 3 is 2.79 bits per heavy atom. The molecule has 0 bridgehead atoms. The van der Waals surface area contributed by atoms with Crippen LogP contribution in [0.15, 0.2) is 52.7 Å². The van der Waals surface area contributed by atoms with Gasteiger partial charge >= 0.3 is 0 Å². The van der Waals surface area contributed by atoms with Crippen molar-refractivity contribution in [2.45, 2.75) is 24.8 Å². The number of carbonyl (C=O) groups excluding carboxylic acids is 1. The standard InChI is InChI=1S/C18H18N2OS3/c1-13-20-16(12-23-13)17-8-7-15(24-17)11-19-18(21)9-10-22-14-5-3-2-4-6-14/h2-8,12H,9-11H2,1H3,(H,19,21). The van der Waals surface area contributed by atoms with E-state index in [2.05, 4.69) is 39.9 Å². The third kappa shape index (κ3) is 4.93. The highest BCUT2D eigenvalue weighted by atomic mass is 32.2. The van der Waals surface area contributed by atoms with Crippen LogP contribution in [0.1, 0.15) is 16.3 Å². The quantitative estimate of drug-likeness (QED) is 0.593. The second kappa shape index (κ2) is 8.46. The molecule has 0 saturated carbocycles. The Morgan fingerprint density at radius 2 is 2.04 bits per heavy atom. The summed E-state index contributed by atoms with van der Waals surface area (Å²) >= 11 is 5.05. The lowest BCUT2D eigenvalue weighted by atomic mass is 10.3. The fourth-order valence-corrected chi connectivity index (χ4v) is 4.61. The normalized spacial score (nSPS) is 10.7. The lowest BCUT2D eigenvalue weighted by Crippen LogP contribution is -2.22. The van der Waals surface area contributed by atoms with Crippen molar-refractivity contribution in [3.63, 3.8) is 0 Å². The summed E-state index contributed by atoms with van der Waals surface area (Å²) < 4.78 is 0. The molecule has 6 heteroatoms. The van der Waals surface area contributed by atoms with Crippen LogP contribution in [0, 0.1) is 6.92 Å². The molecule has 1 aromatic carbocycles. The number of thiazole rings is 1. The van der Waals surface area contributed by atoms with Gasteiger partial charge in [-0.3, -0.25) is 4.79 Å². The molecule has 0 saturated heterocycles. The predicted molar refractivity (Wildman–Crippen MR) is 104 cm³/mol. The van der Waals surface area contributed by atoms with Crippen molar-refractivity contribution in [3.05, 3.63) is 57.7 Å². The van der Waals surface area contributed by atoms with E-state index in [1.807, 2.05) is 25.1 Å². The zero-order valence-electron chi connectivity index (χ0n) is 13.3. The molecule has 1 amide bonds. The molecule has 3 nitrogen and oxygen atoms in total. The van der Waals surface area contributed by atoms with Gasteiger partial charge in [0.25, 0.3) is 0 Å². The summed E-state index contributed by atoms with van der Waals surface area (Å²) in [6.07, 6.45) is 0.531. The molecule has 0 aliphatic carbocycles. The largest absolute Gasteiger partial charge is 0.351 e. The van der Waals surface area contributed by atoms with Gasteiger partial charge in [-0.25, -0.2) is 4.98 Å². The van der Waals surface area contributed by atoms with Crippen molar-refractivity contribution in [1.29, 1.82) is 0 Å². The Balaban J connectivity index is 1.42. The molecule has 3 rings (SSSR count). The molecule has 1 N–H and O–H groups in total. The topological polar surface area (TPSA) is 42.0 Å². The van der Waals surface area contributed by atoms with Crippen LogP contribution in [0.2, 0.25) is 0 Å². The van der Waals surface area contributed by atoms with E-state index in [9.17, 15) is 4.79 Å². The summed E-state index contributed by atoms with van der Waals surface area (Å²) in [6.45, 7) is 2.60. The first kappa shape index (κ1) is 17.2. The van der Waals surface area contributed by atoms with Crippen LogP contribution in [-0.4, -0.2) is 16.6 Å². The van der Waals surface area contributed by atoms with Gasteiger partial charge in [-0.1, -0.05) is 18.2 Å². The van der Waals surface area contributed by atoms with Crippen molar-refractivity contribution >= 4 is 40.3 Å². The van der Waals surface area contributed by atoms with E-state index in [-0.39, 0.29) is 5.91 Å². The predicted octanol–water partition coefficient (Wildman–Crippen LogP) is 4.98. The summed E-state index contributed by atoms with van der Waals surface area (Å²) in [5.74, 6) is 0.891. The molecule has 0 aliphatic heterocycles. The summed E-state index contributed by atoms with van der Waals surface area (Å²) in [5.41, 5.74) is 1.03. The number of hydrogen-bond donors (Lipinski definition) is 1. The smallest absolute Gasteiger partial charge is 0.221 e. The number of thioether (sulfide) groups is 1. The first-order chi connectivity index (χ1) is 11.7. The van der Waals surface area contributed by atoms with Gasteiger partial charge in [0.1, 0.15) is 0 Å². The molecular weight excluding hydrogens is 356 g/mol. The second-order valence-corrected chi connectivity index (χ2v) is 8.60. The first-order valence-corrected chi connectivity index (χ1v) is 10.3. The Labute approximate surface area is 154 Å². The fourth-order valence-electron chi connectivity index (χ4n) is 2.14. The molecule has 0 aliphatic rings. The summed E-state index contributed by atoms with van der Waals surface area (Å²) in [4.78, 5) is 20.0. The van der Waals surface area contributed by atoms with Crippen LogP contribution in [0.5, 0.6) is 0 Å². The van der Waals surface area contributed by atoms with Gasteiger partial charge in [0.2, 0.25) is 5.91 Å². The number of aryl methyl sites for hydroxylation is 1. The molecule has 0 atom stereocenters. The molecule has 3 aromatic rings. The minimum absolute atomic E-state index is 0.0953. The van der Waals surface area contributed by atoms with Gasteiger partial charge in [0.05, 0.1) is 22.1 Å². The number of nitrogens with zero attached hydrogens (tertiary/aromatic N) is 1. The van der Waals surface area contributed by atoms with Gasteiger partial charge in [-0.05, 0) is 31.2 Å². The van der Waals surface area contributed by atoms with Crippen LogP contribution in [0.25, 0.3) is 10.6 Å². The maximum absolute atomic E-state index is 12.0. The molecule has 0 radical (unpaired) electrons. The number of aromatic nitrogens is 1. The van der Waals surface area contributed by atoms with Crippen LogP contribution in [0.3, 0.4) is 0 Å². The van der Waals surface area contributed by atoms with Crippen molar-refractivity contribution < 1.29 is 4.79 Å². The second-order valence-electron chi connectivity index (χ2n) is 5.21. The molecule has 0 fully saturated rings. The molecule has 0 spiro atoms. The van der Waals surface area contributed by atoms with Gasteiger partial charge in [-0.2, -0.15) is 0 Å². The lowest BCUT2D eigenvalue weighted by Gasteiger charge is -2.04. The Hall–Kier alpha value is -1.63. The average Bonchev–Trinajstić information content (AvgIpc) is 3.23. The minimum Gasteiger partial charge on any atom is -0.351 e. The number of thiophene rings is 1. The summed E-state index contributed by atoms with van der Waals surface area (Å²) in [7, 11) is 0. The molecule has 2 aromatic heterocycles. The van der Waals surface area contributed by atoms with Gasteiger partial charge in [0.15, 0.2) is 0 Å². The van der Waals surface area contributed by atoms with Crippen molar-refractivity contribution in [2.24, 2.45) is 0 Å². The highest BCUT2D eigenvalue weighted by Gasteiger charge is 2.07. The Morgan fingerprint density at radius 1 is 1.21 bits per heavy atom. The number of carbonyl (C=O) groups is 1. The van der Waals surface area contributed by atoms with Crippen LogP contribution in [0.4, 0.5) is 0 Å². The summed E-state index contributed by atoms with van der Waals surface area (Å²) in [5, 5.41) is 6.14. The van der Waals surface area contributed by atoms with E-state index in [0.717, 1.165) is 26.2 Å². The maximum Gasteiger partial charge on any atom is 0.221 e. The van der Waals surface area contributed by atoms with E-state index < -0.39 is 0 Å². The monoisotopic (exact) mass is 374 g/mol. The maximum atomic E-state index is 12.0. The Kier molecular flexibility index (Phi) is 6.07. The Bertz CT molecular complexity index is 795. The number of rotatable bonds is 7. The third-order valence-corrected chi connectivity index (χ3v) is 6.23. The third-order valence-electron chi connectivity index (χ3n) is 3.33. The van der Waals surface area contributed by atoms with Crippen molar-refractivity contribution in [3.8, 4) is 10.6 Å².